The fourth-order valence-corrected chi connectivity index (χ4v) is 3.35. The van der Waals surface area contributed by atoms with Crippen molar-refractivity contribution in [1.82, 2.24) is 19.5 Å². The number of anilines is 1. The molecule has 8 nitrogen and oxygen atoms in total. The zero-order chi connectivity index (χ0) is 19.7. The first-order valence-electron chi connectivity index (χ1n) is 8.29. The van der Waals surface area contributed by atoms with Gasteiger partial charge in [0.25, 0.3) is 5.91 Å². The molecule has 0 saturated heterocycles. The topological polar surface area (TPSA) is 107 Å². The highest BCUT2D eigenvalue weighted by Gasteiger charge is 2.14. The maximum absolute atomic E-state index is 12.5. The second kappa shape index (κ2) is 6.86. The Balaban J connectivity index is 1.74. The zero-order valence-corrected chi connectivity index (χ0v) is 15.6. The quantitative estimate of drug-likeness (QED) is 0.571. The summed E-state index contributed by atoms with van der Waals surface area (Å²) >= 11 is 0. The lowest BCUT2D eigenvalue weighted by atomic mass is 10.3. The van der Waals surface area contributed by atoms with Crippen LogP contribution in [0.2, 0.25) is 0 Å². The standard InChI is InChI=1S/C19H15N5O3S/c1-28(26,27)14-6-4-5-13(11-14)24-12-21-15-8-9-16(22-18(15)24)19(25)23-17-7-2-3-10-20-17/h2-12H,1H3,(H,20,23,25). The number of pyridine rings is 2. The Morgan fingerprint density at radius 1 is 1.04 bits per heavy atom. The van der Waals surface area contributed by atoms with E-state index in [1.54, 1.807) is 65.6 Å². The van der Waals surface area contributed by atoms with E-state index in [-0.39, 0.29) is 10.6 Å². The predicted octanol–water partition coefficient (Wildman–Crippen LogP) is 2.47. The van der Waals surface area contributed by atoms with Crippen molar-refractivity contribution < 1.29 is 13.2 Å². The van der Waals surface area contributed by atoms with Gasteiger partial charge in [-0.2, -0.15) is 0 Å². The summed E-state index contributed by atoms with van der Waals surface area (Å²) in [7, 11) is -3.35. The summed E-state index contributed by atoms with van der Waals surface area (Å²) in [5, 5.41) is 2.68. The minimum atomic E-state index is -3.35. The van der Waals surface area contributed by atoms with Crippen LogP contribution in [0.1, 0.15) is 10.5 Å². The fraction of sp³-hybridized carbons (Fsp3) is 0.0526. The van der Waals surface area contributed by atoms with Crippen LogP contribution in [-0.2, 0) is 9.84 Å². The smallest absolute Gasteiger partial charge is 0.275 e. The first kappa shape index (κ1) is 17.8. The molecule has 0 atom stereocenters. The Bertz CT molecular complexity index is 1280. The van der Waals surface area contributed by atoms with Gasteiger partial charge in [0.2, 0.25) is 0 Å². The number of imidazole rings is 1. The largest absolute Gasteiger partial charge is 0.305 e. The highest BCUT2D eigenvalue weighted by atomic mass is 32.2. The summed E-state index contributed by atoms with van der Waals surface area (Å²) < 4.78 is 25.3. The van der Waals surface area contributed by atoms with Crippen LogP contribution in [0.25, 0.3) is 16.9 Å². The van der Waals surface area contributed by atoms with E-state index in [9.17, 15) is 13.2 Å². The van der Waals surface area contributed by atoms with Crippen molar-refractivity contribution in [2.24, 2.45) is 0 Å². The van der Waals surface area contributed by atoms with Gasteiger partial charge >= 0.3 is 0 Å². The number of aromatic nitrogens is 4. The van der Waals surface area contributed by atoms with Crippen molar-refractivity contribution in [3.63, 3.8) is 0 Å². The second-order valence-corrected chi connectivity index (χ2v) is 8.11. The molecular weight excluding hydrogens is 378 g/mol. The number of sulfone groups is 1. The Morgan fingerprint density at radius 2 is 1.89 bits per heavy atom. The van der Waals surface area contributed by atoms with Crippen molar-refractivity contribution in [1.29, 1.82) is 0 Å². The van der Waals surface area contributed by atoms with Crippen molar-refractivity contribution in [2.45, 2.75) is 4.90 Å². The maximum atomic E-state index is 12.5. The van der Waals surface area contributed by atoms with Crippen LogP contribution in [0.3, 0.4) is 0 Å². The van der Waals surface area contributed by atoms with E-state index < -0.39 is 15.7 Å². The van der Waals surface area contributed by atoms with Gasteiger partial charge in [0, 0.05) is 18.1 Å². The molecule has 3 aromatic heterocycles. The third-order valence-corrected chi connectivity index (χ3v) is 5.17. The van der Waals surface area contributed by atoms with E-state index in [1.807, 2.05) is 0 Å². The lowest BCUT2D eigenvalue weighted by molar-refractivity contribution is 0.102. The van der Waals surface area contributed by atoms with Gasteiger partial charge in [0.15, 0.2) is 15.5 Å². The van der Waals surface area contributed by atoms with Gasteiger partial charge in [-0.3, -0.25) is 9.36 Å². The highest BCUT2D eigenvalue weighted by molar-refractivity contribution is 7.90. The van der Waals surface area contributed by atoms with Crippen molar-refractivity contribution in [3.05, 3.63) is 72.8 Å². The van der Waals surface area contributed by atoms with Crippen LogP contribution >= 0.6 is 0 Å². The van der Waals surface area contributed by atoms with Crippen molar-refractivity contribution in [2.75, 3.05) is 11.6 Å². The van der Waals surface area contributed by atoms with Gasteiger partial charge in [-0.1, -0.05) is 12.1 Å². The van der Waals surface area contributed by atoms with Gasteiger partial charge < -0.3 is 5.32 Å². The number of nitrogens with one attached hydrogen (secondary N) is 1. The van der Waals surface area contributed by atoms with Gasteiger partial charge in [-0.25, -0.2) is 23.4 Å². The summed E-state index contributed by atoms with van der Waals surface area (Å²) in [6.45, 7) is 0. The number of fused-ring (bicyclic) bond motifs is 1. The molecule has 9 heteroatoms. The van der Waals surface area contributed by atoms with Crippen LogP contribution < -0.4 is 5.32 Å². The molecule has 0 spiro atoms. The van der Waals surface area contributed by atoms with Gasteiger partial charge in [0.05, 0.1) is 4.90 Å². The molecule has 1 amide bonds. The zero-order valence-electron chi connectivity index (χ0n) is 14.8. The molecule has 0 saturated carbocycles. The van der Waals surface area contributed by atoms with Gasteiger partial charge in [-0.05, 0) is 42.5 Å². The molecule has 0 aliphatic heterocycles. The molecule has 0 fully saturated rings. The molecule has 3 heterocycles. The van der Waals surface area contributed by atoms with Gasteiger partial charge in [-0.15, -0.1) is 0 Å². The highest BCUT2D eigenvalue weighted by Crippen LogP contribution is 2.20. The van der Waals surface area contributed by atoms with Crippen LogP contribution in [0, 0.1) is 0 Å². The number of benzene rings is 1. The van der Waals surface area contributed by atoms with Crippen LogP contribution in [-0.4, -0.2) is 40.1 Å². The third-order valence-electron chi connectivity index (χ3n) is 4.06. The predicted molar refractivity (Wildman–Crippen MR) is 104 cm³/mol. The normalized spacial score (nSPS) is 11.5. The molecule has 1 aromatic carbocycles. The molecule has 4 rings (SSSR count). The minimum absolute atomic E-state index is 0.191. The lowest BCUT2D eigenvalue weighted by Crippen LogP contribution is -2.14. The summed E-state index contributed by atoms with van der Waals surface area (Å²) in [6.07, 6.45) is 4.27. The summed E-state index contributed by atoms with van der Waals surface area (Å²) in [5.74, 6) is 0.0157. The van der Waals surface area contributed by atoms with Crippen LogP contribution in [0.4, 0.5) is 5.82 Å². The number of hydrogen-bond donors (Lipinski definition) is 1. The second-order valence-electron chi connectivity index (χ2n) is 6.09. The number of nitrogens with zero attached hydrogens (tertiary/aromatic N) is 4. The summed E-state index contributed by atoms with van der Waals surface area (Å²) in [5.41, 5.74) is 1.80. The van der Waals surface area contributed by atoms with Crippen molar-refractivity contribution >= 4 is 32.7 Å². The molecule has 1 N–H and O–H groups in total. The molecule has 140 valence electrons. The third kappa shape index (κ3) is 3.47. The Hall–Kier alpha value is -3.59. The summed E-state index contributed by atoms with van der Waals surface area (Å²) in [4.78, 5) is 25.4. The molecule has 0 unspecified atom stereocenters. The number of carbonyl (C=O) groups is 1. The molecule has 0 aliphatic rings. The molecular formula is C19H15N5O3S. The Kier molecular flexibility index (Phi) is 4.36. The minimum Gasteiger partial charge on any atom is -0.305 e. The van der Waals surface area contributed by atoms with E-state index >= 15 is 0 Å². The maximum Gasteiger partial charge on any atom is 0.275 e. The first-order chi connectivity index (χ1) is 13.4. The molecule has 28 heavy (non-hydrogen) atoms. The van der Waals surface area contributed by atoms with E-state index in [4.69, 9.17) is 0 Å². The Morgan fingerprint density at radius 3 is 2.64 bits per heavy atom. The Labute approximate surface area is 160 Å². The van der Waals surface area contributed by atoms with E-state index in [2.05, 4.69) is 20.3 Å². The fourth-order valence-electron chi connectivity index (χ4n) is 2.69. The van der Waals surface area contributed by atoms with Crippen LogP contribution in [0.15, 0.2) is 72.0 Å². The molecule has 0 aliphatic carbocycles. The van der Waals surface area contributed by atoms with E-state index in [1.165, 1.54) is 6.07 Å². The molecule has 4 aromatic rings. The average Bonchev–Trinajstić information content (AvgIpc) is 3.11. The van der Waals surface area contributed by atoms with E-state index in [0.29, 0.717) is 22.7 Å². The van der Waals surface area contributed by atoms with Gasteiger partial charge in [0.1, 0.15) is 23.4 Å². The number of rotatable bonds is 4. The van der Waals surface area contributed by atoms with E-state index in [0.717, 1.165) is 6.26 Å². The van der Waals surface area contributed by atoms with Crippen LogP contribution in [0.5, 0.6) is 0 Å². The number of hydrogen-bond acceptors (Lipinski definition) is 6. The molecule has 0 radical (unpaired) electrons. The first-order valence-corrected chi connectivity index (χ1v) is 10.2. The summed E-state index contributed by atoms with van der Waals surface area (Å²) in [6, 6.07) is 14.9. The monoisotopic (exact) mass is 393 g/mol. The number of carbonyl (C=O) groups excluding carboxylic acids is 1. The molecule has 0 bridgehead atoms. The average molecular weight is 393 g/mol. The SMILES string of the molecule is CS(=O)(=O)c1cccc(-n2cnc3ccc(C(=O)Nc4ccccn4)nc32)c1. The lowest BCUT2D eigenvalue weighted by Gasteiger charge is -2.07. The van der Waals surface area contributed by atoms with Crippen molar-refractivity contribution in [3.8, 4) is 5.69 Å². The number of amides is 1.